The third-order valence-corrected chi connectivity index (χ3v) is 2.35. The minimum Gasteiger partial charge on any atom is -0.198 e. The summed E-state index contributed by atoms with van der Waals surface area (Å²) in [5, 5.41) is 10.7. The highest BCUT2D eigenvalue weighted by Crippen LogP contribution is 2.18. The van der Waals surface area contributed by atoms with Gasteiger partial charge in [-0.05, 0) is 29.7 Å². The first-order chi connectivity index (χ1) is 6.27. The second-order valence-electron chi connectivity index (χ2n) is 2.63. The molecule has 0 amide bonds. The first-order valence-corrected chi connectivity index (χ1v) is 4.73. The Morgan fingerprint density at radius 3 is 2.92 bits per heavy atom. The van der Waals surface area contributed by atoms with Crippen molar-refractivity contribution in [2.45, 2.75) is 12.8 Å². The third kappa shape index (κ3) is 2.80. The molecule has 0 fully saturated rings. The van der Waals surface area contributed by atoms with Gasteiger partial charge in [0.15, 0.2) is 0 Å². The smallest absolute Gasteiger partial charge is 0.0625 e. The number of rotatable bonds is 3. The highest BCUT2D eigenvalue weighted by atomic mass is 35.5. The minimum absolute atomic E-state index is 0.487. The molecule has 1 aromatic rings. The summed E-state index contributed by atoms with van der Waals surface area (Å²) in [6, 6.07) is 7.69. The van der Waals surface area contributed by atoms with E-state index < -0.39 is 0 Å². The quantitative estimate of drug-likeness (QED) is 0.715. The zero-order valence-corrected chi connectivity index (χ0v) is 8.53. The van der Waals surface area contributed by atoms with Crippen LogP contribution in [-0.2, 0) is 6.42 Å². The van der Waals surface area contributed by atoms with Crippen LogP contribution in [-0.4, -0.2) is 5.37 Å². The Morgan fingerprint density at radius 2 is 2.31 bits per heavy atom. The number of nitrogens with zero attached hydrogens (tertiary/aromatic N) is 1. The van der Waals surface area contributed by atoms with Crippen molar-refractivity contribution in [3.8, 4) is 6.07 Å². The van der Waals surface area contributed by atoms with Crippen LogP contribution in [0.1, 0.15) is 17.5 Å². The molecule has 3 heteroatoms. The van der Waals surface area contributed by atoms with Gasteiger partial charge in [-0.3, -0.25) is 0 Å². The standard InChI is InChI=1S/C10H8ClNS/c11-10-4-3-8(7-13)6-9(10)2-1-5-12/h3-4,6-7H,1-2H2. The molecule has 1 rings (SSSR count). The van der Waals surface area contributed by atoms with Crippen LogP contribution >= 0.6 is 23.8 Å². The van der Waals surface area contributed by atoms with Gasteiger partial charge in [-0.2, -0.15) is 5.26 Å². The molecule has 0 aromatic heterocycles. The van der Waals surface area contributed by atoms with Crippen molar-refractivity contribution in [1.82, 2.24) is 0 Å². The van der Waals surface area contributed by atoms with E-state index >= 15 is 0 Å². The van der Waals surface area contributed by atoms with Crippen molar-refractivity contribution in [3.63, 3.8) is 0 Å². The lowest BCUT2D eigenvalue weighted by atomic mass is 10.1. The van der Waals surface area contributed by atoms with E-state index in [9.17, 15) is 0 Å². The Balaban J connectivity index is 2.91. The normalized spacial score (nSPS) is 9.23. The first kappa shape index (κ1) is 10.2. The number of thiocarbonyl (C=S) groups is 1. The Bertz CT molecular complexity index is 354. The molecule has 0 spiro atoms. The summed E-state index contributed by atoms with van der Waals surface area (Å²) in [6.45, 7) is 0. The molecular weight excluding hydrogens is 202 g/mol. The molecule has 1 aromatic carbocycles. The van der Waals surface area contributed by atoms with Crippen LogP contribution in [0.5, 0.6) is 0 Å². The lowest BCUT2D eigenvalue weighted by molar-refractivity contribution is 1.01. The number of benzene rings is 1. The van der Waals surface area contributed by atoms with Crippen molar-refractivity contribution < 1.29 is 0 Å². The fourth-order valence-electron chi connectivity index (χ4n) is 1.05. The largest absolute Gasteiger partial charge is 0.198 e. The molecule has 0 heterocycles. The Kier molecular flexibility index (Phi) is 3.88. The van der Waals surface area contributed by atoms with Crippen molar-refractivity contribution in [2.24, 2.45) is 0 Å². The fraction of sp³-hybridized carbons (Fsp3) is 0.200. The maximum absolute atomic E-state index is 8.42. The lowest BCUT2D eigenvalue weighted by Gasteiger charge is -2.02. The molecule has 66 valence electrons. The molecule has 1 nitrogen and oxygen atoms in total. The van der Waals surface area contributed by atoms with Gasteiger partial charge < -0.3 is 0 Å². The van der Waals surface area contributed by atoms with E-state index in [2.05, 4.69) is 6.07 Å². The number of hydrogen-bond acceptors (Lipinski definition) is 2. The molecule has 0 saturated heterocycles. The van der Waals surface area contributed by atoms with Gasteiger partial charge in [-0.1, -0.05) is 29.9 Å². The lowest BCUT2D eigenvalue weighted by Crippen LogP contribution is -1.88. The highest BCUT2D eigenvalue weighted by Gasteiger charge is 2.00. The van der Waals surface area contributed by atoms with Crippen molar-refractivity contribution in [1.29, 1.82) is 5.26 Å². The molecule has 0 aliphatic carbocycles. The van der Waals surface area contributed by atoms with Crippen LogP contribution in [0, 0.1) is 11.3 Å². The second-order valence-corrected chi connectivity index (χ2v) is 3.27. The average Bonchev–Trinajstić information content (AvgIpc) is 2.17. The molecule has 0 aliphatic rings. The monoisotopic (exact) mass is 209 g/mol. The van der Waals surface area contributed by atoms with Gasteiger partial charge in [0.05, 0.1) is 6.07 Å². The maximum atomic E-state index is 8.42. The summed E-state index contributed by atoms with van der Waals surface area (Å²) in [6.07, 6.45) is 1.17. The number of nitriles is 1. The van der Waals surface area contributed by atoms with Crippen molar-refractivity contribution in [2.75, 3.05) is 0 Å². The van der Waals surface area contributed by atoms with Crippen LogP contribution in [0.3, 0.4) is 0 Å². The predicted molar refractivity (Wildman–Crippen MR) is 58.1 cm³/mol. The van der Waals surface area contributed by atoms with Crippen molar-refractivity contribution in [3.05, 3.63) is 34.3 Å². The number of aryl methyl sites for hydroxylation is 1. The van der Waals surface area contributed by atoms with E-state index in [0.717, 1.165) is 11.1 Å². The number of halogens is 1. The summed E-state index contributed by atoms with van der Waals surface area (Å²) in [7, 11) is 0. The Morgan fingerprint density at radius 1 is 1.54 bits per heavy atom. The van der Waals surface area contributed by atoms with E-state index in [-0.39, 0.29) is 0 Å². The van der Waals surface area contributed by atoms with Gasteiger partial charge in [0.1, 0.15) is 0 Å². The zero-order chi connectivity index (χ0) is 9.68. The molecular formula is C10H8ClNS. The molecule has 0 radical (unpaired) electrons. The molecule has 13 heavy (non-hydrogen) atoms. The van der Waals surface area contributed by atoms with Gasteiger partial charge in [0.2, 0.25) is 0 Å². The van der Waals surface area contributed by atoms with Gasteiger partial charge in [0.25, 0.3) is 0 Å². The SMILES string of the molecule is N#CCCc1cc(C=S)ccc1Cl. The predicted octanol–water partition coefficient (Wildman–Crippen LogP) is 3.14. The summed E-state index contributed by atoms with van der Waals surface area (Å²) >= 11 is 10.7. The van der Waals surface area contributed by atoms with Gasteiger partial charge >= 0.3 is 0 Å². The van der Waals surface area contributed by atoms with Crippen LogP contribution < -0.4 is 0 Å². The summed E-state index contributed by atoms with van der Waals surface area (Å²) in [4.78, 5) is 0. The van der Waals surface area contributed by atoms with E-state index in [1.165, 1.54) is 0 Å². The average molecular weight is 210 g/mol. The minimum atomic E-state index is 0.487. The third-order valence-electron chi connectivity index (χ3n) is 1.71. The molecule has 0 atom stereocenters. The fourth-order valence-corrected chi connectivity index (χ4v) is 1.41. The number of hydrogen-bond donors (Lipinski definition) is 0. The molecule has 0 N–H and O–H groups in total. The van der Waals surface area contributed by atoms with Gasteiger partial charge in [0, 0.05) is 16.8 Å². The molecule has 0 saturated carbocycles. The Labute approximate surface area is 87.9 Å². The highest BCUT2D eigenvalue weighted by molar-refractivity contribution is 7.79. The van der Waals surface area contributed by atoms with E-state index in [1.54, 1.807) is 5.37 Å². The van der Waals surface area contributed by atoms with Crippen LogP contribution in [0.25, 0.3) is 0 Å². The van der Waals surface area contributed by atoms with Crippen molar-refractivity contribution >= 4 is 29.2 Å². The summed E-state index contributed by atoms with van der Waals surface area (Å²) in [5.74, 6) is 0. The Hall–Kier alpha value is -0.910. The van der Waals surface area contributed by atoms with E-state index in [0.29, 0.717) is 17.9 Å². The second kappa shape index (κ2) is 4.96. The summed E-state index contributed by atoms with van der Waals surface area (Å²) in [5.41, 5.74) is 1.95. The molecule has 0 bridgehead atoms. The maximum Gasteiger partial charge on any atom is 0.0625 e. The van der Waals surface area contributed by atoms with Gasteiger partial charge in [-0.25, -0.2) is 0 Å². The van der Waals surface area contributed by atoms with Crippen LogP contribution in [0.15, 0.2) is 18.2 Å². The van der Waals surface area contributed by atoms with Crippen LogP contribution in [0.2, 0.25) is 5.02 Å². The van der Waals surface area contributed by atoms with Gasteiger partial charge in [-0.15, -0.1) is 0 Å². The summed E-state index contributed by atoms with van der Waals surface area (Å²) < 4.78 is 0. The first-order valence-electron chi connectivity index (χ1n) is 3.88. The molecule has 0 aliphatic heterocycles. The van der Waals surface area contributed by atoms with E-state index in [4.69, 9.17) is 29.1 Å². The zero-order valence-electron chi connectivity index (χ0n) is 6.96. The topological polar surface area (TPSA) is 23.8 Å². The van der Waals surface area contributed by atoms with E-state index in [1.807, 2.05) is 18.2 Å². The molecule has 0 unspecified atom stereocenters. The van der Waals surface area contributed by atoms with Crippen LogP contribution in [0.4, 0.5) is 0 Å².